The van der Waals surface area contributed by atoms with Crippen LogP contribution in [0.15, 0.2) is 30.3 Å². The van der Waals surface area contributed by atoms with Crippen LogP contribution in [-0.2, 0) is 4.79 Å². The number of aliphatic hydroxyl groups is 2. The zero-order valence-corrected chi connectivity index (χ0v) is 11.0. The lowest BCUT2D eigenvalue weighted by atomic mass is 9.85. The van der Waals surface area contributed by atoms with E-state index >= 15 is 0 Å². The largest absolute Gasteiger partial charge is 0.388 e. The number of hydrogen-bond donors (Lipinski definition) is 3. The van der Waals surface area contributed by atoms with Crippen LogP contribution >= 0.6 is 0 Å². The predicted molar refractivity (Wildman–Crippen MR) is 72.4 cm³/mol. The summed E-state index contributed by atoms with van der Waals surface area (Å²) < 4.78 is 0. The number of aliphatic hydroxyl groups excluding tert-OH is 1. The van der Waals surface area contributed by atoms with E-state index in [1.807, 2.05) is 6.07 Å². The van der Waals surface area contributed by atoms with E-state index in [4.69, 9.17) is 0 Å². The summed E-state index contributed by atoms with van der Waals surface area (Å²) >= 11 is 0. The molecule has 0 aliphatic heterocycles. The predicted octanol–water partition coefficient (Wildman–Crippen LogP) is 1.53. The fourth-order valence-corrected chi connectivity index (χ4v) is 2.52. The Morgan fingerprint density at radius 3 is 2.47 bits per heavy atom. The van der Waals surface area contributed by atoms with Crippen LogP contribution in [0.3, 0.4) is 0 Å². The molecule has 1 unspecified atom stereocenters. The molecule has 19 heavy (non-hydrogen) atoms. The van der Waals surface area contributed by atoms with Crippen LogP contribution in [0.5, 0.6) is 0 Å². The number of hydrogen-bond acceptors (Lipinski definition) is 3. The maximum absolute atomic E-state index is 11.9. The molecule has 3 N–H and O–H groups in total. The number of rotatable bonds is 4. The lowest BCUT2D eigenvalue weighted by molar-refractivity contribution is -0.131. The second-order valence-corrected chi connectivity index (χ2v) is 5.32. The van der Waals surface area contributed by atoms with Crippen molar-refractivity contribution in [3.8, 4) is 0 Å². The summed E-state index contributed by atoms with van der Waals surface area (Å²) in [6, 6.07) is 8.80. The number of carbonyl (C=O) groups excluding carboxylic acids is 1. The molecule has 1 amide bonds. The van der Waals surface area contributed by atoms with E-state index in [-0.39, 0.29) is 6.54 Å². The van der Waals surface area contributed by atoms with Crippen molar-refractivity contribution in [1.29, 1.82) is 0 Å². The molecule has 0 saturated heterocycles. The van der Waals surface area contributed by atoms with E-state index in [0.29, 0.717) is 18.4 Å². The second kappa shape index (κ2) is 6.17. The van der Waals surface area contributed by atoms with Gasteiger partial charge in [0.2, 0.25) is 0 Å². The van der Waals surface area contributed by atoms with Gasteiger partial charge in [0, 0.05) is 6.54 Å². The summed E-state index contributed by atoms with van der Waals surface area (Å²) in [6.45, 7) is 0.218. The topological polar surface area (TPSA) is 69.6 Å². The fourth-order valence-electron chi connectivity index (χ4n) is 2.52. The van der Waals surface area contributed by atoms with Crippen molar-refractivity contribution in [3.05, 3.63) is 35.9 Å². The van der Waals surface area contributed by atoms with Crippen molar-refractivity contribution < 1.29 is 15.0 Å². The van der Waals surface area contributed by atoms with Crippen molar-refractivity contribution in [2.24, 2.45) is 0 Å². The van der Waals surface area contributed by atoms with Crippen LogP contribution in [0.4, 0.5) is 0 Å². The van der Waals surface area contributed by atoms with E-state index < -0.39 is 17.6 Å². The third-order valence-corrected chi connectivity index (χ3v) is 3.74. The Labute approximate surface area is 113 Å². The molecule has 4 nitrogen and oxygen atoms in total. The first-order valence-electron chi connectivity index (χ1n) is 6.84. The van der Waals surface area contributed by atoms with Gasteiger partial charge in [0.1, 0.15) is 0 Å². The molecule has 1 aliphatic rings. The van der Waals surface area contributed by atoms with Crippen LogP contribution < -0.4 is 5.32 Å². The van der Waals surface area contributed by atoms with Gasteiger partial charge in [0.25, 0.3) is 5.91 Å². The van der Waals surface area contributed by atoms with Gasteiger partial charge in [0.05, 0.1) is 5.60 Å². The van der Waals surface area contributed by atoms with Gasteiger partial charge in [-0.15, -0.1) is 0 Å². The summed E-state index contributed by atoms with van der Waals surface area (Å²) in [7, 11) is 0. The Bertz CT molecular complexity index is 413. The Balaban J connectivity index is 1.87. The minimum absolute atomic E-state index is 0.218. The molecule has 1 atom stereocenters. The molecule has 0 spiro atoms. The molecule has 0 aromatic heterocycles. The minimum atomic E-state index is -1.17. The molecular formula is C15H21NO3. The van der Waals surface area contributed by atoms with Crippen molar-refractivity contribution in [1.82, 2.24) is 5.32 Å². The summed E-state index contributed by atoms with van der Waals surface area (Å²) in [5, 5.41) is 22.8. The van der Waals surface area contributed by atoms with Gasteiger partial charge in [0.15, 0.2) is 6.10 Å². The smallest absolute Gasteiger partial charge is 0.253 e. The molecule has 1 saturated carbocycles. The Kier molecular flexibility index (Phi) is 4.56. The molecule has 1 fully saturated rings. The molecule has 2 rings (SSSR count). The first-order chi connectivity index (χ1) is 9.11. The van der Waals surface area contributed by atoms with E-state index in [1.54, 1.807) is 24.3 Å². The molecular weight excluding hydrogens is 242 g/mol. The van der Waals surface area contributed by atoms with Crippen molar-refractivity contribution >= 4 is 5.91 Å². The number of benzene rings is 1. The van der Waals surface area contributed by atoms with Gasteiger partial charge < -0.3 is 15.5 Å². The van der Waals surface area contributed by atoms with Crippen LogP contribution in [0, 0.1) is 0 Å². The normalized spacial score (nSPS) is 19.7. The van der Waals surface area contributed by atoms with Crippen LogP contribution in [0.1, 0.15) is 43.8 Å². The highest BCUT2D eigenvalue weighted by molar-refractivity contribution is 5.81. The van der Waals surface area contributed by atoms with Crippen LogP contribution in [-0.4, -0.2) is 28.3 Å². The van der Waals surface area contributed by atoms with Gasteiger partial charge in [-0.25, -0.2) is 0 Å². The number of nitrogens with one attached hydrogen (secondary N) is 1. The molecule has 104 valence electrons. The maximum Gasteiger partial charge on any atom is 0.253 e. The molecule has 1 aromatic carbocycles. The SMILES string of the molecule is O=C(NCC1(O)CCCCC1)C(O)c1ccccc1. The van der Waals surface area contributed by atoms with Gasteiger partial charge in [-0.1, -0.05) is 49.6 Å². The summed E-state index contributed by atoms with van der Waals surface area (Å²) in [4.78, 5) is 11.9. The molecule has 1 aromatic rings. The van der Waals surface area contributed by atoms with Gasteiger partial charge in [-0.2, -0.15) is 0 Å². The number of amides is 1. The molecule has 1 aliphatic carbocycles. The maximum atomic E-state index is 11.9. The summed E-state index contributed by atoms with van der Waals surface area (Å²) in [6.07, 6.45) is 3.39. The molecule has 0 bridgehead atoms. The first-order valence-corrected chi connectivity index (χ1v) is 6.84. The average molecular weight is 263 g/mol. The van der Waals surface area contributed by atoms with Crippen molar-refractivity contribution in [3.63, 3.8) is 0 Å². The zero-order valence-electron chi connectivity index (χ0n) is 11.0. The quantitative estimate of drug-likeness (QED) is 0.771. The third-order valence-electron chi connectivity index (χ3n) is 3.74. The molecule has 0 heterocycles. The van der Waals surface area contributed by atoms with E-state index in [9.17, 15) is 15.0 Å². The van der Waals surface area contributed by atoms with Gasteiger partial charge >= 0.3 is 0 Å². The van der Waals surface area contributed by atoms with E-state index in [1.165, 1.54) is 0 Å². The summed E-state index contributed by atoms with van der Waals surface area (Å²) in [5.74, 6) is -0.454. The molecule has 0 radical (unpaired) electrons. The fraction of sp³-hybridized carbons (Fsp3) is 0.533. The Hall–Kier alpha value is -1.39. The van der Waals surface area contributed by atoms with Crippen molar-refractivity contribution in [2.75, 3.05) is 6.54 Å². The minimum Gasteiger partial charge on any atom is -0.388 e. The average Bonchev–Trinajstić information content (AvgIpc) is 2.46. The Morgan fingerprint density at radius 2 is 1.84 bits per heavy atom. The van der Waals surface area contributed by atoms with Gasteiger partial charge in [-0.3, -0.25) is 4.79 Å². The standard InChI is InChI=1S/C15H21NO3/c17-13(12-7-3-1-4-8-12)14(18)16-11-15(19)9-5-2-6-10-15/h1,3-4,7-8,13,17,19H,2,5-6,9-11H2,(H,16,18). The van der Waals surface area contributed by atoms with Crippen LogP contribution in [0.2, 0.25) is 0 Å². The third kappa shape index (κ3) is 3.78. The Morgan fingerprint density at radius 1 is 1.21 bits per heavy atom. The highest BCUT2D eigenvalue weighted by Crippen LogP contribution is 2.27. The van der Waals surface area contributed by atoms with E-state index in [2.05, 4.69) is 5.32 Å². The van der Waals surface area contributed by atoms with Crippen molar-refractivity contribution in [2.45, 2.75) is 43.8 Å². The number of carbonyl (C=O) groups is 1. The zero-order chi connectivity index (χ0) is 13.7. The first kappa shape index (κ1) is 14.0. The van der Waals surface area contributed by atoms with Crippen LogP contribution in [0.25, 0.3) is 0 Å². The lowest BCUT2D eigenvalue weighted by Gasteiger charge is -2.32. The monoisotopic (exact) mass is 263 g/mol. The lowest BCUT2D eigenvalue weighted by Crippen LogP contribution is -2.45. The molecule has 4 heteroatoms. The summed E-state index contributed by atoms with van der Waals surface area (Å²) in [5.41, 5.74) is -0.236. The second-order valence-electron chi connectivity index (χ2n) is 5.32. The van der Waals surface area contributed by atoms with E-state index in [0.717, 1.165) is 19.3 Å². The highest BCUT2D eigenvalue weighted by atomic mass is 16.3. The van der Waals surface area contributed by atoms with Gasteiger partial charge in [-0.05, 0) is 18.4 Å². The highest BCUT2D eigenvalue weighted by Gasteiger charge is 2.30.